The van der Waals surface area contributed by atoms with Gasteiger partial charge in [0.25, 0.3) is 0 Å². The molecule has 0 spiro atoms. The Balaban J connectivity index is 2.47. The van der Waals surface area contributed by atoms with E-state index in [0.29, 0.717) is 38.8 Å². The maximum atomic E-state index is 12.0. The molecule has 1 aromatic rings. The van der Waals surface area contributed by atoms with Crippen molar-refractivity contribution in [3.63, 3.8) is 0 Å². The molecule has 1 rings (SSSR count). The third-order valence-corrected chi connectivity index (χ3v) is 7.20. The van der Waals surface area contributed by atoms with Gasteiger partial charge in [-0.25, -0.2) is 4.79 Å². The number of benzene rings is 1. The molecular formula is C22H37NO6Si. The van der Waals surface area contributed by atoms with Gasteiger partial charge in [-0.05, 0) is 58.7 Å². The van der Waals surface area contributed by atoms with Crippen LogP contribution in [0.4, 0.5) is 4.79 Å². The Labute approximate surface area is 182 Å². The fourth-order valence-corrected chi connectivity index (χ4v) is 5.52. The second-order valence-electron chi connectivity index (χ2n) is 6.83. The lowest BCUT2D eigenvalue weighted by molar-refractivity contribution is 0.0706. The number of carbonyl (C=O) groups is 1. The van der Waals surface area contributed by atoms with Crippen molar-refractivity contribution in [2.75, 3.05) is 26.4 Å². The number of nitrogens with one attached hydrogen (secondary N) is 1. The maximum Gasteiger partial charge on any atom is 0.500 e. The molecule has 1 aromatic carbocycles. The van der Waals surface area contributed by atoms with Gasteiger partial charge in [-0.15, -0.1) is 0 Å². The summed E-state index contributed by atoms with van der Waals surface area (Å²) < 4.78 is 28.5. The van der Waals surface area contributed by atoms with Crippen molar-refractivity contribution in [1.82, 2.24) is 5.32 Å². The lowest BCUT2D eigenvalue weighted by Gasteiger charge is -2.28. The van der Waals surface area contributed by atoms with E-state index in [1.807, 2.05) is 52.8 Å². The molecule has 0 radical (unpaired) electrons. The first kappa shape index (κ1) is 26.2. The Morgan fingerprint density at radius 2 is 1.77 bits per heavy atom. The summed E-state index contributed by atoms with van der Waals surface area (Å²) >= 11 is 0. The third kappa shape index (κ3) is 9.29. The largest absolute Gasteiger partial charge is 0.500 e. The normalized spacial score (nSPS) is 11.4. The smallest absolute Gasteiger partial charge is 0.490 e. The molecule has 0 bridgehead atoms. The number of amides is 1. The average molecular weight is 440 g/mol. The molecule has 0 aliphatic carbocycles. The van der Waals surface area contributed by atoms with Gasteiger partial charge < -0.3 is 28.1 Å². The van der Waals surface area contributed by atoms with Crippen LogP contribution >= 0.6 is 0 Å². The Bertz CT molecular complexity index is 635. The molecule has 0 aliphatic rings. The fourth-order valence-electron chi connectivity index (χ4n) is 2.90. The van der Waals surface area contributed by atoms with Gasteiger partial charge in [-0.1, -0.05) is 18.7 Å². The van der Waals surface area contributed by atoms with Crippen molar-refractivity contribution in [2.45, 2.75) is 59.8 Å². The minimum Gasteiger partial charge on any atom is -0.490 e. The molecule has 0 fully saturated rings. The van der Waals surface area contributed by atoms with Crippen LogP contribution in [0.25, 0.3) is 6.08 Å². The molecule has 1 N–H and O–H groups in total. The molecule has 0 heterocycles. The molecule has 0 aromatic heterocycles. The van der Waals surface area contributed by atoms with E-state index in [-0.39, 0.29) is 12.7 Å². The molecule has 1 amide bonds. The van der Waals surface area contributed by atoms with E-state index in [1.165, 1.54) is 0 Å². The van der Waals surface area contributed by atoms with Gasteiger partial charge >= 0.3 is 14.9 Å². The van der Waals surface area contributed by atoms with Crippen LogP contribution in [0.1, 0.15) is 52.2 Å². The highest BCUT2D eigenvalue weighted by molar-refractivity contribution is 6.60. The summed E-state index contributed by atoms with van der Waals surface area (Å²) in [5, 5.41) is 2.77. The lowest BCUT2D eigenvalue weighted by Crippen LogP contribution is -2.46. The summed E-state index contributed by atoms with van der Waals surface area (Å²) in [6.07, 6.45) is 2.02. The molecule has 170 valence electrons. The molecule has 0 atom stereocenters. The van der Waals surface area contributed by atoms with Gasteiger partial charge in [0.05, 0.1) is 6.10 Å². The van der Waals surface area contributed by atoms with Crippen LogP contribution in [0.5, 0.6) is 5.75 Å². The first-order valence-electron chi connectivity index (χ1n) is 10.6. The van der Waals surface area contributed by atoms with E-state index >= 15 is 0 Å². The van der Waals surface area contributed by atoms with Gasteiger partial charge in [-0.2, -0.15) is 0 Å². The monoisotopic (exact) mass is 439 g/mol. The Kier molecular flexibility index (Phi) is 12.4. The van der Waals surface area contributed by atoms with Crippen LogP contribution in [0, 0.1) is 0 Å². The van der Waals surface area contributed by atoms with Crippen molar-refractivity contribution < 1.29 is 27.5 Å². The molecule has 0 aliphatic heterocycles. The second kappa shape index (κ2) is 14.2. The van der Waals surface area contributed by atoms with Crippen molar-refractivity contribution >= 4 is 21.0 Å². The van der Waals surface area contributed by atoms with Crippen LogP contribution in [0.2, 0.25) is 6.04 Å². The number of alkyl carbamates (subject to hydrolysis) is 1. The van der Waals surface area contributed by atoms with E-state index < -0.39 is 14.9 Å². The average Bonchev–Trinajstić information content (AvgIpc) is 2.70. The summed E-state index contributed by atoms with van der Waals surface area (Å²) in [6.45, 7) is 15.8. The summed E-state index contributed by atoms with van der Waals surface area (Å²) in [5.41, 5.74) is 1.74. The molecule has 0 saturated carbocycles. The lowest BCUT2D eigenvalue weighted by atomic mass is 10.1. The van der Waals surface area contributed by atoms with Crippen LogP contribution in [-0.4, -0.2) is 47.4 Å². The maximum absolute atomic E-state index is 12.0. The first-order valence-corrected chi connectivity index (χ1v) is 12.6. The Morgan fingerprint density at radius 3 is 2.30 bits per heavy atom. The van der Waals surface area contributed by atoms with E-state index in [4.69, 9.17) is 22.8 Å². The van der Waals surface area contributed by atoms with Gasteiger partial charge in [0, 0.05) is 38.0 Å². The van der Waals surface area contributed by atoms with Crippen LogP contribution in [-0.2, 0) is 24.6 Å². The predicted molar refractivity (Wildman–Crippen MR) is 121 cm³/mol. The van der Waals surface area contributed by atoms with Crippen LogP contribution in [0.3, 0.4) is 0 Å². The van der Waals surface area contributed by atoms with Crippen molar-refractivity contribution in [2.24, 2.45) is 0 Å². The van der Waals surface area contributed by atoms with E-state index in [9.17, 15) is 4.79 Å². The summed E-state index contributed by atoms with van der Waals surface area (Å²) in [4.78, 5) is 12.0. The van der Waals surface area contributed by atoms with Gasteiger partial charge in [0.2, 0.25) is 0 Å². The van der Waals surface area contributed by atoms with Crippen LogP contribution in [0.15, 0.2) is 24.8 Å². The topological polar surface area (TPSA) is 75.3 Å². The first-order chi connectivity index (χ1) is 14.4. The molecule has 7 nitrogen and oxygen atoms in total. The van der Waals surface area contributed by atoms with Crippen molar-refractivity contribution in [3.05, 3.63) is 35.9 Å². The number of carbonyl (C=O) groups excluding carboxylic acids is 1. The number of hydrogen-bond donors (Lipinski definition) is 1. The number of ether oxygens (including phenoxy) is 2. The zero-order chi connectivity index (χ0) is 22.4. The zero-order valence-corrected chi connectivity index (χ0v) is 20.0. The molecule has 8 heteroatoms. The number of hydrogen-bond acceptors (Lipinski definition) is 6. The highest BCUT2D eigenvalue weighted by Crippen LogP contribution is 2.23. The molecular weight excluding hydrogens is 402 g/mol. The second-order valence-corrected chi connectivity index (χ2v) is 9.56. The van der Waals surface area contributed by atoms with Crippen LogP contribution < -0.4 is 10.1 Å². The quantitative estimate of drug-likeness (QED) is 0.313. The molecule has 0 unspecified atom stereocenters. The number of rotatable bonds is 15. The molecule has 30 heavy (non-hydrogen) atoms. The Hall–Kier alpha value is -1.87. The highest BCUT2D eigenvalue weighted by Gasteiger charge is 2.39. The van der Waals surface area contributed by atoms with E-state index in [2.05, 4.69) is 11.9 Å². The fraction of sp³-hybridized carbons (Fsp3) is 0.591. The predicted octanol–water partition coefficient (Wildman–Crippen LogP) is 4.78. The summed E-state index contributed by atoms with van der Waals surface area (Å²) in [7, 11) is -2.68. The van der Waals surface area contributed by atoms with Gasteiger partial charge in [0.15, 0.2) is 0 Å². The zero-order valence-electron chi connectivity index (χ0n) is 19.0. The van der Waals surface area contributed by atoms with E-state index in [1.54, 1.807) is 6.08 Å². The third-order valence-electron chi connectivity index (χ3n) is 4.05. The van der Waals surface area contributed by atoms with Crippen molar-refractivity contribution in [1.29, 1.82) is 0 Å². The standard InChI is InChI=1S/C22H37NO6Si/c1-7-20-16-19(12-13-21(20)29-18(5)6)17-25-22(24)23-14-11-15-30(26-8-2,27-9-3)28-10-4/h7,12-13,16,18H,1,8-11,14-15,17H2,2-6H3,(H,23,24). The Morgan fingerprint density at radius 1 is 1.13 bits per heavy atom. The SMILES string of the molecule is C=Cc1cc(COC(=O)NCCC[Si](OCC)(OCC)OCC)ccc1OC(C)C. The van der Waals surface area contributed by atoms with E-state index in [0.717, 1.165) is 16.9 Å². The summed E-state index contributed by atoms with van der Waals surface area (Å²) in [5.74, 6) is 0.763. The minimum atomic E-state index is -2.68. The molecule has 0 saturated heterocycles. The minimum absolute atomic E-state index is 0.0755. The van der Waals surface area contributed by atoms with Gasteiger partial charge in [0.1, 0.15) is 12.4 Å². The highest BCUT2D eigenvalue weighted by atomic mass is 28.4. The summed E-state index contributed by atoms with van der Waals surface area (Å²) in [6, 6.07) is 6.30. The van der Waals surface area contributed by atoms with Gasteiger partial charge in [-0.3, -0.25) is 0 Å². The van der Waals surface area contributed by atoms with Crippen molar-refractivity contribution in [3.8, 4) is 5.75 Å².